The Morgan fingerprint density at radius 3 is 2.36 bits per heavy atom. The Kier molecular flexibility index (Phi) is 4.58. The fourth-order valence-electron chi connectivity index (χ4n) is 2.10. The number of aryl methyl sites for hydroxylation is 3. The molecule has 1 aromatic heterocycles. The van der Waals surface area contributed by atoms with Crippen LogP contribution in [0.4, 0.5) is 0 Å². The molecule has 1 aromatic carbocycles. The van der Waals surface area contributed by atoms with Crippen LogP contribution in [0.3, 0.4) is 0 Å². The lowest BCUT2D eigenvalue weighted by molar-refractivity contribution is 0.376. The number of nitrogens with zero attached hydrogens (tertiary/aromatic N) is 2. The number of rotatable bonds is 5. The van der Waals surface area contributed by atoms with Crippen LogP contribution < -0.4 is 4.74 Å². The van der Waals surface area contributed by atoms with E-state index in [4.69, 9.17) is 9.26 Å². The summed E-state index contributed by atoms with van der Waals surface area (Å²) in [5.74, 6) is 0.982. The maximum absolute atomic E-state index is 12.8. The molecule has 7 heteroatoms. The summed E-state index contributed by atoms with van der Waals surface area (Å²) in [5, 5.41) is 3.82. The summed E-state index contributed by atoms with van der Waals surface area (Å²) in [4.78, 5) is 0.154. The minimum Gasteiger partial charge on any atom is -0.495 e. The minimum atomic E-state index is -3.68. The van der Waals surface area contributed by atoms with E-state index in [1.54, 1.807) is 25.1 Å². The zero-order valence-corrected chi connectivity index (χ0v) is 14.2. The van der Waals surface area contributed by atoms with Crippen LogP contribution in [0.15, 0.2) is 27.6 Å². The summed E-state index contributed by atoms with van der Waals surface area (Å²) in [6.07, 6.45) is 0. The van der Waals surface area contributed by atoms with Crippen LogP contribution in [-0.4, -0.2) is 32.0 Å². The summed E-state index contributed by atoms with van der Waals surface area (Å²) in [6.45, 7) is 5.68. The van der Waals surface area contributed by atoms with Crippen LogP contribution in [0.5, 0.6) is 5.75 Å². The van der Waals surface area contributed by atoms with Crippen molar-refractivity contribution < 1.29 is 17.7 Å². The molecule has 0 aliphatic rings. The van der Waals surface area contributed by atoms with E-state index in [1.165, 1.54) is 18.5 Å². The van der Waals surface area contributed by atoms with Crippen molar-refractivity contribution in [2.75, 3.05) is 14.2 Å². The lowest BCUT2D eigenvalue weighted by Gasteiger charge is -2.19. The molecule has 2 aromatic rings. The normalized spacial score (nSPS) is 11.9. The number of aromatic nitrogens is 1. The van der Waals surface area contributed by atoms with Gasteiger partial charge in [-0.1, -0.05) is 5.16 Å². The van der Waals surface area contributed by atoms with Crippen LogP contribution in [0.1, 0.15) is 22.6 Å². The van der Waals surface area contributed by atoms with Gasteiger partial charge in [0.1, 0.15) is 16.4 Å². The highest BCUT2D eigenvalue weighted by Gasteiger charge is 2.26. The van der Waals surface area contributed by atoms with E-state index in [9.17, 15) is 8.42 Å². The van der Waals surface area contributed by atoms with E-state index >= 15 is 0 Å². The molecule has 0 aliphatic heterocycles. The average Bonchev–Trinajstić information content (AvgIpc) is 2.86. The molecular formula is C15H20N2O4S. The SMILES string of the molecule is COc1cc(C)c(C)cc1S(=O)(=O)N(C)Cc1cc(C)on1. The molecule has 0 saturated heterocycles. The van der Waals surface area contributed by atoms with Gasteiger partial charge in [0.25, 0.3) is 0 Å². The Balaban J connectivity index is 2.39. The average molecular weight is 324 g/mol. The molecule has 22 heavy (non-hydrogen) atoms. The maximum atomic E-state index is 12.8. The van der Waals surface area contributed by atoms with Crippen molar-refractivity contribution in [1.29, 1.82) is 0 Å². The van der Waals surface area contributed by atoms with E-state index in [0.29, 0.717) is 17.2 Å². The van der Waals surface area contributed by atoms with E-state index in [0.717, 1.165) is 11.1 Å². The fraction of sp³-hybridized carbons (Fsp3) is 0.400. The van der Waals surface area contributed by atoms with E-state index in [1.807, 2.05) is 13.8 Å². The highest BCUT2D eigenvalue weighted by molar-refractivity contribution is 7.89. The first-order valence-electron chi connectivity index (χ1n) is 6.79. The number of ether oxygens (including phenoxy) is 1. The second-order valence-corrected chi connectivity index (χ2v) is 7.29. The van der Waals surface area contributed by atoms with Crippen LogP contribution in [-0.2, 0) is 16.6 Å². The number of hydrogen-bond acceptors (Lipinski definition) is 5. The first-order valence-corrected chi connectivity index (χ1v) is 8.23. The predicted octanol–water partition coefficient (Wildman–Crippen LogP) is 2.43. The molecule has 0 fully saturated rings. The third kappa shape index (κ3) is 3.15. The second-order valence-electron chi connectivity index (χ2n) is 5.28. The van der Waals surface area contributed by atoms with E-state index in [-0.39, 0.29) is 11.4 Å². The molecule has 2 rings (SSSR count). The van der Waals surface area contributed by atoms with Crippen LogP contribution in [0, 0.1) is 20.8 Å². The largest absolute Gasteiger partial charge is 0.495 e. The first-order chi connectivity index (χ1) is 10.3. The van der Waals surface area contributed by atoms with Gasteiger partial charge in [-0.3, -0.25) is 0 Å². The smallest absolute Gasteiger partial charge is 0.246 e. The molecule has 0 radical (unpaired) electrons. The van der Waals surface area contributed by atoms with Crippen molar-refractivity contribution in [3.05, 3.63) is 40.8 Å². The van der Waals surface area contributed by atoms with Gasteiger partial charge in [-0.15, -0.1) is 0 Å². The molecule has 1 heterocycles. The van der Waals surface area contributed by atoms with Gasteiger partial charge in [0.15, 0.2) is 0 Å². The van der Waals surface area contributed by atoms with Crippen LogP contribution in [0.25, 0.3) is 0 Å². The van der Waals surface area contributed by atoms with Gasteiger partial charge in [0.05, 0.1) is 19.3 Å². The summed E-state index contributed by atoms with van der Waals surface area (Å²) < 4.78 is 37.0. The standard InChI is InChI=1S/C15H20N2O4S/c1-10-6-14(20-5)15(7-11(10)2)22(18,19)17(4)9-13-8-12(3)21-16-13/h6-8H,9H2,1-5H3. The quantitative estimate of drug-likeness (QED) is 0.844. The summed E-state index contributed by atoms with van der Waals surface area (Å²) in [5.41, 5.74) is 2.43. The third-order valence-electron chi connectivity index (χ3n) is 3.53. The zero-order valence-electron chi connectivity index (χ0n) is 13.4. The Labute approximate surface area is 130 Å². The lowest BCUT2D eigenvalue weighted by atomic mass is 10.1. The van der Waals surface area contributed by atoms with Crippen LogP contribution >= 0.6 is 0 Å². The topological polar surface area (TPSA) is 72.6 Å². The maximum Gasteiger partial charge on any atom is 0.246 e. The zero-order chi connectivity index (χ0) is 16.5. The predicted molar refractivity (Wildman–Crippen MR) is 82.4 cm³/mol. The van der Waals surface area contributed by atoms with Gasteiger partial charge >= 0.3 is 0 Å². The second kappa shape index (κ2) is 6.10. The highest BCUT2D eigenvalue weighted by atomic mass is 32.2. The molecule has 0 bridgehead atoms. The summed E-state index contributed by atoms with van der Waals surface area (Å²) >= 11 is 0. The van der Waals surface area contributed by atoms with Gasteiger partial charge in [-0.25, -0.2) is 8.42 Å². The molecule has 0 spiro atoms. The van der Waals surface area contributed by atoms with Crippen LogP contribution in [0.2, 0.25) is 0 Å². The molecule has 0 N–H and O–H groups in total. The summed E-state index contributed by atoms with van der Waals surface area (Å²) in [7, 11) is -0.713. The molecule has 0 saturated carbocycles. The van der Waals surface area contributed by atoms with Crippen molar-refractivity contribution >= 4 is 10.0 Å². The van der Waals surface area contributed by atoms with E-state index in [2.05, 4.69) is 5.16 Å². The van der Waals surface area contributed by atoms with Crippen molar-refractivity contribution in [2.24, 2.45) is 0 Å². The first kappa shape index (κ1) is 16.5. The van der Waals surface area contributed by atoms with Gasteiger partial charge in [0.2, 0.25) is 10.0 Å². The third-order valence-corrected chi connectivity index (χ3v) is 5.35. The lowest BCUT2D eigenvalue weighted by Crippen LogP contribution is -2.27. The number of methoxy groups -OCH3 is 1. The van der Waals surface area contributed by atoms with Gasteiger partial charge in [-0.05, 0) is 44.0 Å². The molecule has 6 nitrogen and oxygen atoms in total. The number of benzene rings is 1. The molecular weight excluding hydrogens is 304 g/mol. The molecule has 0 unspecified atom stereocenters. The fourth-order valence-corrected chi connectivity index (χ4v) is 3.46. The molecule has 0 amide bonds. The number of sulfonamides is 1. The van der Waals surface area contributed by atoms with Gasteiger partial charge in [-0.2, -0.15) is 4.31 Å². The van der Waals surface area contributed by atoms with Gasteiger partial charge in [0, 0.05) is 13.1 Å². The van der Waals surface area contributed by atoms with E-state index < -0.39 is 10.0 Å². The Morgan fingerprint density at radius 1 is 1.18 bits per heavy atom. The summed E-state index contributed by atoms with van der Waals surface area (Å²) in [6, 6.07) is 5.08. The molecule has 120 valence electrons. The Bertz CT molecular complexity index is 781. The monoisotopic (exact) mass is 324 g/mol. The van der Waals surface area contributed by atoms with Crippen molar-refractivity contribution in [3.63, 3.8) is 0 Å². The van der Waals surface area contributed by atoms with Crippen molar-refractivity contribution in [3.8, 4) is 5.75 Å². The molecule has 0 aliphatic carbocycles. The highest BCUT2D eigenvalue weighted by Crippen LogP contribution is 2.29. The molecule has 0 atom stereocenters. The Morgan fingerprint density at radius 2 is 1.82 bits per heavy atom. The van der Waals surface area contributed by atoms with Gasteiger partial charge < -0.3 is 9.26 Å². The van der Waals surface area contributed by atoms with Crippen molar-refractivity contribution in [1.82, 2.24) is 9.46 Å². The minimum absolute atomic E-state index is 0.135. The Hall–Kier alpha value is -1.86. The number of hydrogen-bond donors (Lipinski definition) is 0. The van der Waals surface area contributed by atoms with Crippen molar-refractivity contribution in [2.45, 2.75) is 32.2 Å².